The predicted octanol–water partition coefficient (Wildman–Crippen LogP) is 3.29. The molecule has 0 unspecified atom stereocenters. The van der Waals surface area contributed by atoms with E-state index in [0.29, 0.717) is 10.7 Å². The van der Waals surface area contributed by atoms with Crippen molar-refractivity contribution in [3.05, 3.63) is 16.9 Å². The molecule has 0 aliphatic rings. The van der Waals surface area contributed by atoms with E-state index >= 15 is 0 Å². The molecule has 0 aliphatic heterocycles. The largest absolute Gasteiger partial charge is 0.369 e. The number of hydrogen-bond acceptors (Lipinski definition) is 2. The summed E-state index contributed by atoms with van der Waals surface area (Å²) in [4.78, 5) is 0. The van der Waals surface area contributed by atoms with Crippen LogP contribution in [0.2, 0.25) is 5.02 Å². The summed E-state index contributed by atoms with van der Waals surface area (Å²) in [6, 6.07) is 0.237. The molecular formula is C10H15ClF2N2O. The van der Waals surface area contributed by atoms with Crippen molar-refractivity contribution in [3.8, 4) is 0 Å². The zero-order valence-corrected chi connectivity index (χ0v) is 10.0. The Bertz CT molecular complexity index is 331. The van der Waals surface area contributed by atoms with E-state index in [9.17, 15) is 8.78 Å². The molecule has 0 saturated heterocycles. The van der Waals surface area contributed by atoms with Crippen LogP contribution in [0.25, 0.3) is 0 Å². The summed E-state index contributed by atoms with van der Waals surface area (Å²) < 4.78 is 30.2. The zero-order chi connectivity index (χ0) is 12.1. The molecule has 0 radical (unpaired) electrons. The Morgan fingerprint density at radius 1 is 1.56 bits per heavy atom. The third-order valence-corrected chi connectivity index (χ3v) is 2.60. The number of hydrogen-bond donors (Lipinski definition) is 0. The highest BCUT2D eigenvalue weighted by Crippen LogP contribution is 2.19. The summed E-state index contributed by atoms with van der Waals surface area (Å²) in [5.74, 6) is 0. The van der Waals surface area contributed by atoms with Crippen LogP contribution in [0.3, 0.4) is 0 Å². The van der Waals surface area contributed by atoms with Crippen molar-refractivity contribution in [1.29, 1.82) is 0 Å². The number of ether oxygens (including phenoxy) is 1. The van der Waals surface area contributed by atoms with Crippen LogP contribution in [-0.4, -0.2) is 22.8 Å². The van der Waals surface area contributed by atoms with E-state index in [-0.39, 0.29) is 12.6 Å². The van der Waals surface area contributed by atoms with Crippen LogP contribution in [0.5, 0.6) is 0 Å². The molecule has 92 valence electrons. The van der Waals surface area contributed by atoms with Crippen LogP contribution in [0.15, 0.2) is 6.20 Å². The second-order valence-corrected chi connectivity index (χ2v) is 3.97. The first-order chi connectivity index (χ1) is 7.54. The van der Waals surface area contributed by atoms with Gasteiger partial charge in [0.05, 0.1) is 11.6 Å². The van der Waals surface area contributed by atoms with Crippen LogP contribution in [0.1, 0.15) is 32.0 Å². The Morgan fingerprint density at radius 2 is 2.25 bits per heavy atom. The van der Waals surface area contributed by atoms with Crippen molar-refractivity contribution in [2.45, 2.75) is 39.3 Å². The van der Waals surface area contributed by atoms with Gasteiger partial charge in [-0.3, -0.25) is 4.68 Å². The molecule has 0 spiro atoms. The van der Waals surface area contributed by atoms with E-state index in [1.807, 2.05) is 13.8 Å². The van der Waals surface area contributed by atoms with E-state index in [4.69, 9.17) is 16.3 Å². The second kappa shape index (κ2) is 6.15. The molecule has 1 rings (SSSR count). The molecule has 0 fully saturated rings. The fraction of sp³-hybridized carbons (Fsp3) is 0.700. The van der Waals surface area contributed by atoms with Gasteiger partial charge in [-0.1, -0.05) is 18.5 Å². The van der Waals surface area contributed by atoms with Crippen molar-refractivity contribution >= 4 is 11.6 Å². The van der Waals surface area contributed by atoms with Gasteiger partial charge < -0.3 is 4.74 Å². The van der Waals surface area contributed by atoms with Gasteiger partial charge in [0.2, 0.25) is 0 Å². The van der Waals surface area contributed by atoms with E-state index < -0.39 is 13.0 Å². The lowest BCUT2D eigenvalue weighted by Crippen LogP contribution is -2.07. The van der Waals surface area contributed by atoms with Gasteiger partial charge in [-0.2, -0.15) is 5.10 Å². The Morgan fingerprint density at radius 3 is 2.81 bits per heavy atom. The van der Waals surface area contributed by atoms with Gasteiger partial charge in [0.25, 0.3) is 6.43 Å². The third-order valence-electron chi connectivity index (χ3n) is 2.28. The van der Waals surface area contributed by atoms with Crippen LogP contribution >= 0.6 is 11.6 Å². The van der Waals surface area contributed by atoms with Gasteiger partial charge in [0, 0.05) is 12.2 Å². The summed E-state index contributed by atoms with van der Waals surface area (Å²) in [7, 11) is 0. The lowest BCUT2D eigenvalue weighted by molar-refractivity contribution is 0.00866. The van der Waals surface area contributed by atoms with E-state index in [2.05, 4.69) is 5.10 Å². The SMILES string of the molecule is CC[C@H](C)n1cc(Cl)c(COCC(F)F)n1. The highest BCUT2D eigenvalue weighted by atomic mass is 35.5. The highest BCUT2D eigenvalue weighted by molar-refractivity contribution is 6.31. The number of aromatic nitrogens is 2. The maximum absolute atomic E-state index is 11.8. The molecule has 1 aromatic heterocycles. The number of halogens is 3. The van der Waals surface area contributed by atoms with Gasteiger partial charge >= 0.3 is 0 Å². The van der Waals surface area contributed by atoms with Gasteiger partial charge in [0.1, 0.15) is 12.3 Å². The summed E-state index contributed by atoms with van der Waals surface area (Å²) >= 11 is 5.91. The van der Waals surface area contributed by atoms with Crippen molar-refractivity contribution in [2.75, 3.05) is 6.61 Å². The Labute approximate surface area is 98.3 Å². The minimum Gasteiger partial charge on any atom is -0.369 e. The molecule has 3 nitrogen and oxygen atoms in total. The molecule has 16 heavy (non-hydrogen) atoms. The van der Waals surface area contributed by atoms with Gasteiger partial charge in [-0.15, -0.1) is 0 Å². The molecule has 0 saturated carbocycles. The maximum atomic E-state index is 11.8. The van der Waals surface area contributed by atoms with Crippen molar-refractivity contribution in [1.82, 2.24) is 9.78 Å². The number of rotatable bonds is 6. The van der Waals surface area contributed by atoms with Crippen molar-refractivity contribution in [2.24, 2.45) is 0 Å². The summed E-state index contributed by atoms with van der Waals surface area (Å²) in [5, 5.41) is 4.65. The zero-order valence-electron chi connectivity index (χ0n) is 9.29. The molecule has 1 atom stereocenters. The first kappa shape index (κ1) is 13.4. The lowest BCUT2D eigenvalue weighted by Gasteiger charge is -2.07. The van der Waals surface area contributed by atoms with Crippen LogP contribution in [-0.2, 0) is 11.3 Å². The molecule has 6 heteroatoms. The van der Waals surface area contributed by atoms with Gasteiger partial charge in [0.15, 0.2) is 0 Å². The highest BCUT2D eigenvalue weighted by Gasteiger charge is 2.11. The van der Waals surface area contributed by atoms with Crippen LogP contribution < -0.4 is 0 Å². The van der Waals surface area contributed by atoms with Crippen molar-refractivity contribution in [3.63, 3.8) is 0 Å². The average molecular weight is 253 g/mol. The maximum Gasteiger partial charge on any atom is 0.261 e. The van der Waals surface area contributed by atoms with Gasteiger partial charge in [-0.05, 0) is 13.3 Å². The molecule has 0 amide bonds. The first-order valence-corrected chi connectivity index (χ1v) is 5.51. The van der Waals surface area contributed by atoms with Gasteiger partial charge in [-0.25, -0.2) is 8.78 Å². The molecule has 1 heterocycles. The molecule has 1 aromatic rings. The Kier molecular flexibility index (Phi) is 5.15. The quantitative estimate of drug-likeness (QED) is 0.777. The first-order valence-electron chi connectivity index (χ1n) is 5.14. The van der Waals surface area contributed by atoms with E-state index in [1.54, 1.807) is 10.9 Å². The lowest BCUT2D eigenvalue weighted by atomic mass is 10.3. The molecule has 0 aliphatic carbocycles. The predicted molar refractivity (Wildman–Crippen MR) is 57.9 cm³/mol. The van der Waals surface area contributed by atoms with Crippen molar-refractivity contribution < 1.29 is 13.5 Å². The molecule has 0 N–H and O–H groups in total. The fourth-order valence-electron chi connectivity index (χ4n) is 1.16. The molecular weight excluding hydrogens is 238 g/mol. The minimum atomic E-state index is -2.46. The number of alkyl halides is 2. The smallest absolute Gasteiger partial charge is 0.261 e. The number of nitrogens with zero attached hydrogens (tertiary/aromatic N) is 2. The van der Waals surface area contributed by atoms with E-state index in [0.717, 1.165) is 6.42 Å². The van der Waals surface area contributed by atoms with E-state index in [1.165, 1.54) is 0 Å². The van der Waals surface area contributed by atoms with Crippen LogP contribution in [0.4, 0.5) is 8.78 Å². The minimum absolute atomic E-state index is 0.0204. The second-order valence-electron chi connectivity index (χ2n) is 3.57. The topological polar surface area (TPSA) is 27.1 Å². The Hall–Kier alpha value is -0.680. The summed E-state index contributed by atoms with van der Waals surface area (Å²) in [5.41, 5.74) is 0.502. The molecule has 0 bridgehead atoms. The Balaban J connectivity index is 2.56. The fourth-order valence-corrected chi connectivity index (χ4v) is 1.35. The average Bonchev–Trinajstić information content (AvgIpc) is 2.59. The normalized spacial score (nSPS) is 13.4. The summed E-state index contributed by atoms with van der Waals surface area (Å²) in [6.07, 6.45) is 0.155. The molecule has 0 aromatic carbocycles. The standard InChI is InChI=1S/C10H15ClF2N2O/c1-3-7(2)15-4-8(11)9(14-15)5-16-6-10(12)13/h4,7,10H,3,5-6H2,1-2H3/t7-/m0/s1. The monoisotopic (exact) mass is 252 g/mol. The van der Waals surface area contributed by atoms with Crippen LogP contribution in [0, 0.1) is 0 Å². The third kappa shape index (κ3) is 3.72. The summed E-state index contributed by atoms with van der Waals surface area (Å²) in [6.45, 7) is 3.47.